The van der Waals surface area contributed by atoms with Crippen LogP contribution in [0.2, 0.25) is 5.02 Å². The average molecular weight is 561 g/mol. The second-order valence-corrected chi connectivity index (χ2v) is 8.83. The highest BCUT2D eigenvalue weighted by Crippen LogP contribution is 2.23. The molecule has 3 heterocycles. The molecule has 3 aromatic heterocycles. The molecule has 39 heavy (non-hydrogen) atoms. The van der Waals surface area contributed by atoms with E-state index in [4.69, 9.17) is 16.3 Å². The summed E-state index contributed by atoms with van der Waals surface area (Å²) in [5, 5.41) is 10.1. The Morgan fingerprint density at radius 2 is 1.92 bits per heavy atom. The first-order valence-electron chi connectivity index (χ1n) is 12.1. The quantitative estimate of drug-likeness (QED) is 0.307. The van der Waals surface area contributed by atoms with Crippen molar-refractivity contribution < 1.29 is 18.6 Å². The van der Waals surface area contributed by atoms with Crippen molar-refractivity contribution in [3.8, 4) is 5.75 Å². The van der Waals surface area contributed by atoms with Crippen molar-refractivity contribution in [2.75, 3.05) is 0 Å². The number of nitrogens with zero attached hydrogens (tertiary/aromatic N) is 4. The Bertz CT molecular complexity index is 1520. The van der Waals surface area contributed by atoms with Crippen molar-refractivity contribution >= 4 is 23.6 Å². The van der Waals surface area contributed by atoms with E-state index in [0.717, 1.165) is 6.20 Å². The Balaban J connectivity index is 0.00000260. The van der Waals surface area contributed by atoms with Crippen LogP contribution < -0.4 is 15.9 Å². The summed E-state index contributed by atoms with van der Waals surface area (Å²) in [5.41, 5.74) is -2.06. The summed E-state index contributed by atoms with van der Waals surface area (Å²) in [7, 11) is 0. The largest absolute Gasteiger partial charge is 0.485 e. The zero-order valence-electron chi connectivity index (χ0n) is 22.6. The van der Waals surface area contributed by atoms with Crippen LogP contribution in [0.1, 0.15) is 51.6 Å². The van der Waals surface area contributed by atoms with Gasteiger partial charge in [-0.05, 0) is 45.9 Å². The van der Waals surface area contributed by atoms with Gasteiger partial charge in [-0.15, -0.1) is 0 Å². The van der Waals surface area contributed by atoms with Gasteiger partial charge < -0.3 is 9.84 Å². The molecule has 0 atom stereocenters. The fourth-order valence-corrected chi connectivity index (χ4v) is 3.50. The van der Waals surface area contributed by atoms with Gasteiger partial charge in [-0.3, -0.25) is 23.7 Å². The third-order valence-corrected chi connectivity index (χ3v) is 5.52. The van der Waals surface area contributed by atoms with Crippen LogP contribution in [0.4, 0.5) is 8.78 Å². The molecule has 208 valence electrons. The van der Waals surface area contributed by atoms with Crippen molar-refractivity contribution in [3.63, 3.8) is 0 Å². The first kappa shape index (κ1) is 31.3. The lowest BCUT2D eigenvalue weighted by molar-refractivity contribution is 0.0768. The number of rotatable bonds is 7. The number of ether oxygens (including phenoxy) is 1. The molecule has 0 spiro atoms. The molecule has 11 heteroatoms. The normalized spacial score (nSPS) is 12.1. The van der Waals surface area contributed by atoms with Crippen LogP contribution in [0.15, 0.2) is 69.6 Å². The Labute approximate surface area is 230 Å². The van der Waals surface area contributed by atoms with Gasteiger partial charge in [0.15, 0.2) is 5.82 Å². The minimum atomic E-state index is -1.38. The van der Waals surface area contributed by atoms with Crippen LogP contribution >= 0.6 is 11.6 Å². The number of hydrogen-bond donors (Lipinski definition) is 1. The molecule has 0 aliphatic rings. The van der Waals surface area contributed by atoms with E-state index < -0.39 is 28.4 Å². The second kappa shape index (κ2) is 13.8. The standard InChI is InChI=1S/C26H25ClF2N4O4.C2H6/c1-5-9-30-22(33-10-6-7-18(24(33)34)26(3,4)36)8-11-32-16(2)12-21(23(27)25(32)35)37-15-20-19(29)13-17(28)14-31-20;1-2/h5-14,36H,15H2,1-4H3;1-2H3/b9-5+,11-8+,30-22-;. The summed E-state index contributed by atoms with van der Waals surface area (Å²) >= 11 is 6.22. The summed E-state index contributed by atoms with van der Waals surface area (Å²) in [4.78, 5) is 33.9. The van der Waals surface area contributed by atoms with Crippen LogP contribution in [0.5, 0.6) is 5.75 Å². The molecule has 0 radical (unpaired) electrons. The van der Waals surface area contributed by atoms with Gasteiger partial charge in [-0.25, -0.2) is 13.8 Å². The topological polar surface area (TPSA) is 98.7 Å². The maximum Gasteiger partial charge on any atom is 0.277 e. The molecule has 0 aliphatic heterocycles. The minimum Gasteiger partial charge on any atom is -0.485 e. The summed E-state index contributed by atoms with van der Waals surface area (Å²) < 4.78 is 34.9. The van der Waals surface area contributed by atoms with Crippen LogP contribution in [-0.4, -0.2) is 25.1 Å². The van der Waals surface area contributed by atoms with Crippen LogP contribution in [0, 0.1) is 18.6 Å². The van der Waals surface area contributed by atoms with Gasteiger partial charge in [0.25, 0.3) is 11.1 Å². The molecule has 0 bridgehead atoms. The van der Waals surface area contributed by atoms with Crippen LogP contribution in [0.25, 0.3) is 6.20 Å². The highest BCUT2D eigenvalue weighted by molar-refractivity contribution is 6.31. The third kappa shape index (κ3) is 7.81. The fraction of sp³-hybridized carbons (Fsp3) is 0.286. The number of aryl methyl sites for hydroxylation is 1. The van der Waals surface area contributed by atoms with Crippen LogP contribution in [0.3, 0.4) is 0 Å². The van der Waals surface area contributed by atoms with Gasteiger partial charge in [0, 0.05) is 42.0 Å². The highest BCUT2D eigenvalue weighted by Gasteiger charge is 2.21. The lowest BCUT2D eigenvalue weighted by Gasteiger charge is -2.18. The van der Waals surface area contributed by atoms with Crippen molar-refractivity contribution in [2.24, 2.45) is 4.99 Å². The molecule has 0 saturated carbocycles. The second-order valence-electron chi connectivity index (χ2n) is 8.45. The molecule has 0 aromatic carbocycles. The van der Waals surface area contributed by atoms with E-state index in [2.05, 4.69) is 9.98 Å². The molecular formula is C28H31ClF2N4O4. The molecule has 0 fully saturated rings. The number of hydrogen-bond acceptors (Lipinski definition) is 6. The van der Waals surface area contributed by atoms with E-state index in [0.29, 0.717) is 11.8 Å². The molecule has 8 nitrogen and oxygen atoms in total. The fourth-order valence-electron chi connectivity index (χ4n) is 3.30. The van der Waals surface area contributed by atoms with Gasteiger partial charge in [0.2, 0.25) is 0 Å². The van der Waals surface area contributed by atoms with E-state index in [9.17, 15) is 23.5 Å². The number of aliphatic hydroxyl groups is 1. The SMILES string of the molecule is C/C=C/N=C(/C=C/n1c(C)cc(OCc2ncc(F)cc2F)c(Cl)c1=O)n1cccc(C(C)(C)O)c1=O.CC. The Hall–Kier alpha value is -3.89. The number of aromatic nitrogens is 3. The molecule has 0 saturated heterocycles. The van der Waals surface area contributed by atoms with Gasteiger partial charge in [0.05, 0.1) is 11.8 Å². The Morgan fingerprint density at radius 1 is 1.23 bits per heavy atom. The van der Waals surface area contributed by atoms with Gasteiger partial charge >= 0.3 is 0 Å². The van der Waals surface area contributed by atoms with Gasteiger partial charge in [0.1, 0.15) is 34.7 Å². The monoisotopic (exact) mass is 560 g/mol. The zero-order valence-corrected chi connectivity index (χ0v) is 23.3. The molecule has 3 aromatic rings. The Morgan fingerprint density at radius 3 is 2.54 bits per heavy atom. The first-order valence-corrected chi connectivity index (χ1v) is 12.5. The van der Waals surface area contributed by atoms with Gasteiger partial charge in [-0.2, -0.15) is 0 Å². The Kier molecular flexibility index (Phi) is 11.1. The maximum absolute atomic E-state index is 13.9. The molecule has 1 N–H and O–H groups in total. The smallest absolute Gasteiger partial charge is 0.277 e. The lowest BCUT2D eigenvalue weighted by Crippen LogP contribution is -2.34. The third-order valence-electron chi connectivity index (χ3n) is 5.17. The molecule has 0 amide bonds. The summed E-state index contributed by atoms with van der Waals surface area (Å²) in [6.45, 7) is 10.0. The molecule has 0 unspecified atom stereocenters. The first-order chi connectivity index (χ1) is 18.4. The average Bonchev–Trinajstić information content (AvgIpc) is 2.88. The zero-order chi connectivity index (χ0) is 29.3. The van der Waals surface area contributed by atoms with Crippen molar-refractivity contribution in [2.45, 2.75) is 53.8 Å². The van der Waals surface area contributed by atoms with E-state index in [-0.39, 0.29) is 34.5 Å². The number of halogens is 3. The molecular weight excluding hydrogens is 530 g/mol. The highest BCUT2D eigenvalue weighted by atomic mass is 35.5. The summed E-state index contributed by atoms with van der Waals surface area (Å²) in [5.74, 6) is -1.54. The van der Waals surface area contributed by atoms with Crippen molar-refractivity contribution in [1.29, 1.82) is 0 Å². The summed E-state index contributed by atoms with van der Waals surface area (Å²) in [6.07, 6.45) is 8.32. The van der Waals surface area contributed by atoms with E-state index in [1.165, 1.54) is 59.8 Å². The number of allylic oxidation sites excluding steroid dienone is 2. The number of aliphatic imine (C=N–C) groups is 1. The minimum absolute atomic E-state index is 0.00348. The van der Waals surface area contributed by atoms with Crippen molar-refractivity contribution in [1.82, 2.24) is 14.1 Å². The number of pyridine rings is 3. The van der Waals surface area contributed by atoms with Crippen molar-refractivity contribution in [3.05, 3.63) is 109 Å². The lowest BCUT2D eigenvalue weighted by atomic mass is 10.0. The predicted molar refractivity (Wildman–Crippen MR) is 149 cm³/mol. The maximum atomic E-state index is 13.9. The van der Waals surface area contributed by atoms with Crippen LogP contribution in [-0.2, 0) is 12.2 Å². The van der Waals surface area contributed by atoms with E-state index in [1.54, 1.807) is 26.0 Å². The molecule has 0 aliphatic carbocycles. The molecule has 3 rings (SSSR count). The van der Waals surface area contributed by atoms with E-state index >= 15 is 0 Å². The van der Waals surface area contributed by atoms with Gasteiger partial charge in [-0.1, -0.05) is 31.5 Å². The predicted octanol–water partition coefficient (Wildman–Crippen LogP) is 5.43. The summed E-state index contributed by atoms with van der Waals surface area (Å²) in [6, 6.07) is 5.28. The van der Waals surface area contributed by atoms with E-state index in [1.807, 2.05) is 13.8 Å².